The largest absolute Gasteiger partial charge is 0.508 e. The van der Waals surface area contributed by atoms with Gasteiger partial charge in [-0.15, -0.1) is 0 Å². The highest BCUT2D eigenvalue weighted by molar-refractivity contribution is 9.09. The highest BCUT2D eigenvalue weighted by Gasteiger charge is 2.15. The molecule has 0 aliphatic carbocycles. The second-order valence-electron chi connectivity index (χ2n) is 4.32. The molecule has 0 fully saturated rings. The summed E-state index contributed by atoms with van der Waals surface area (Å²) in [6, 6.07) is 10.7. The van der Waals surface area contributed by atoms with Gasteiger partial charge in [-0.3, -0.25) is 4.79 Å². The van der Waals surface area contributed by atoms with Gasteiger partial charge in [0.15, 0.2) is 0 Å². The van der Waals surface area contributed by atoms with Gasteiger partial charge in [-0.1, -0.05) is 34.1 Å². The predicted octanol–water partition coefficient (Wildman–Crippen LogP) is 4.24. The van der Waals surface area contributed by atoms with Crippen LogP contribution in [0.15, 0.2) is 42.5 Å². The third kappa shape index (κ3) is 3.17. The lowest BCUT2D eigenvalue weighted by Gasteiger charge is -2.13. The molecule has 1 amide bonds. The topological polar surface area (TPSA) is 49.3 Å². The number of alkyl halides is 1. The molecule has 0 saturated carbocycles. The molecule has 0 aliphatic rings. The lowest BCUT2D eigenvalue weighted by atomic mass is 10.1. The Morgan fingerprint density at radius 2 is 2.00 bits per heavy atom. The van der Waals surface area contributed by atoms with E-state index in [0.717, 1.165) is 11.6 Å². The summed E-state index contributed by atoms with van der Waals surface area (Å²) < 4.78 is 13.6. The standard InChI is InChI=1S/C15H13BrFNO2/c1-9(16)11-4-2-3-5-14(11)18-15(20)12-7-6-10(19)8-13(12)17/h2-9,19H,1H3,(H,18,20). The number of rotatable bonds is 3. The van der Waals surface area contributed by atoms with E-state index in [1.807, 2.05) is 19.1 Å². The van der Waals surface area contributed by atoms with Crippen LogP contribution in [-0.4, -0.2) is 11.0 Å². The molecule has 3 nitrogen and oxygen atoms in total. The first-order valence-corrected chi connectivity index (χ1v) is 6.93. The van der Waals surface area contributed by atoms with E-state index in [0.29, 0.717) is 5.69 Å². The Kier molecular flexibility index (Phi) is 4.39. The number of anilines is 1. The van der Waals surface area contributed by atoms with E-state index in [-0.39, 0.29) is 16.1 Å². The number of nitrogens with one attached hydrogen (secondary N) is 1. The number of carbonyl (C=O) groups is 1. The van der Waals surface area contributed by atoms with Gasteiger partial charge in [0.2, 0.25) is 0 Å². The minimum atomic E-state index is -0.758. The zero-order valence-electron chi connectivity index (χ0n) is 10.7. The van der Waals surface area contributed by atoms with Crippen molar-refractivity contribution in [3.63, 3.8) is 0 Å². The van der Waals surface area contributed by atoms with Gasteiger partial charge < -0.3 is 10.4 Å². The van der Waals surface area contributed by atoms with Crippen LogP contribution in [0, 0.1) is 5.82 Å². The van der Waals surface area contributed by atoms with Crippen molar-refractivity contribution in [2.75, 3.05) is 5.32 Å². The quantitative estimate of drug-likeness (QED) is 0.823. The number of halogens is 2. The zero-order chi connectivity index (χ0) is 14.7. The average Bonchev–Trinajstić information content (AvgIpc) is 2.38. The number of carbonyl (C=O) groups excluding carboxylic acids is 1. The third-order valence-corrected chi connectivity index (χ3v) is 3.33. The normalized spacial score (nSPS) is 11.9. The Bertz CT molecular complexity index is 644. The van der Waals surface area contributed by atoms with E-state index in [1.54, 1.807) is 12.1 Å². The van der Waals surface area contributed by atoms with E-state index in [1.165, 1.54) is 12.1 Å². The molecule has 0 bridgehead atoms. The second kappa shape index (κ2) is 6.05. The molecule has 0 aliphatic heterocycles. The summed E-state index contributed by atoms with van der Waals surface area (Å²) in [6.45, 7) is 1.94. The number of hydrogen-bond acceptors (Lipinski definition) is 2. The van der Waals surface area contributed by atoms with Crippen molar-refractivity contribution in [1.29, 1.82) is 0 Å². The molecule has 0 saturated heterocycles. The number of hydrogen-bond donors (Lipinski definition) is 2. The molecule has 1 unspecified atom stereocenters. The maximum Gasteiger partial charge on any atom is 0.258 e. The minimum Gasteiger partial charge on any atom is -0.508 e. The SMILES string of the molecule is CC(Br)c1ccccc1NC(=O)c1ccc(O)cc1F. The van der Waals surface area contributed by atoms with Crippen LogP contribution in [0.1, 0.15) is 27.7 Å². The number of amides is 1. The van der Waals surface area contributed by atoms with E-state index >= 15 is 0 Å². The van der Waals surface area contributed by atoms with Gasteiger partial charge in [0.05, 0.1) is 5.56 Å². The third-order valence-electron chi connectivity index (χ3n) is 2.83. The summed E-state index contributed by atoms with van der Waals surface area (Å²) in [7, 11) is 0. The molecule has 20 heavy (non-hydrogen) atoms. The van der Waals surface area contributed by atoms with Gasteiger partial charge in [0.25, 0.3) is 5.91 Å². The Balaban J connectivity index is 2.28. The molecule has 104 valence electrons. The summed E-state index contributed by atoms with van der Waals surface area (Å²) in [6.07, 6.45) is 0. The molecular formula is C15H13BrFNO2. The van der Waals surface area contributed by atoms with E-state index in [9.17, 15) is 9.18 Å². The first-order valence-electron chi connectivity index (χ1n) is 6.02. The van der Waals surface area contributed by atoms with Crippen molar-refractivity contribution in [3.05, 3.63) is 59.4 Å². The lowest BCUT2D eigenvalue weighted by Crippen LogP contribution is -2.15. The molecule has 0 heterocycles. The number of phenols is 1. The Morgan fingerprint density at radius 3 is 2.65 bits per heavy atom. The zero-order valence-corrected chi connectivity index (χ0v) is 12.3. The fourth-order valence-corrected chi connectivity index (χ4v) is 2.23. The molecule has 2 aromatic rings. The Labute approximate surface area is 124 Å². The fourth-order valence-electron chi connectivity index (χ4n) is 1.84. The van der Waals surface area contributed by atoms with Crippen LogP contribution in [-0.2, 0) is 0 Å². The molecule has 5 heteroatoms. The van der Waals surface area contributed by atoms with Gasteiger partial charge in [-0.05, 0) is 30.7 Å². The number of aromatic hydroxyl groups is 1. The van der Waals surface area contributed by atoms with Crippen LogP contribution in [0.4, 0.5) is 10.1 Å². The Morgan fingerprint density at radius 1 is 1.30 bits per heavy atom. The highest BCUT2D eigenvalue weighted by atomic mass is 79.9. The van der Waals surface area contributed by atoms with Gasteiger partial charge >= 0.3 is 0 Å². The number of para-hydroxylation sites is 1. The van der Waals surface area contributed by atoms with Crippen molar-refractivity contribution in [2.45, 2.75) is 11.8 Å². The van der Waals surface area contributed by atoms with Gasteiger partial charge in [-0.25, -0.2) is 4.39 Å². The molecule has 0 aromatic heterocycles. The van der Waals surface area contributed by atoms with Crippen molar-refractivity contribution in [1.82, 2.24) is 0 Å². The molecule has 2 aromatic carbocycles. The summed E-state index contributed by atoms with van der Waals surface area (Å²) in [5, 5.41) is 11.8. The average molecular weight is 338 g/mol. The van der Waals surface area contributed by atoms with Crippen LogP contribution >= 0.6 is 15.9 Å². The van der Waals surface area contributed by atoms with Crippen molar-refractivity contribution in [3.8, 4) is 5.75 Å². The fraction of sp³-hybridized carbons (Fsp3) is 0.133. The molecule has 2 N–H and O–H groups in total. The highest BCUT2D eigenvalue weighted by Crippen LogP contribution is 2.29. The van der Waals surface area contributed by atoms with Crippen LogP contribution in [0.3, 0.4) is 0 Å². The van der Waals surface area contributed by atoms with Crippen molar-refractivity contribution < 1.29 is 14.3 Å². The smallest absolute Gasteiger partial charge is 0.258 e. The molecule has 0 spiro atoms. The molecule has 1 atom stereocenters. The predicted molar refractivity (Wildman–Crippen MR) is 79.8 cm³/mol. The number of benzene rings is 2. The minimum absolute atomic E-state index is 0.0589. The summed E-state index contributed by atoms with van der Waals surface area (Å²) in [4.78, 5) is 12.1. The Hall–Kier alpha value is -1.88. The van der Waals surface area contributed by atoms with Gasteiger partial charge in [0.1, 0.15) is 11.6 Å². The summed E-state index contributed by atoms with van der Waals surface area (Å²) >= 11 is 3.45. The molecule has 2 rings (SSSR count). The monoisotopic (exact) mass is 337 g/mol. The van der Waals surface area contributed by atoms with Gasteiger partial charge in [-0.2, -0.15) is 0 Å². The maximum absolute atomic E-state index is 13.6. The van der Waals surface area contributed by atoms with Crippen molar-refractivity contribution >= 4 is 27.5 Å². The first-order chi connectivity index (χ1) is 9.49. The van der Waals surface area contributed by atoms with E-state index in [2.05, 4.69) is 21.2 Å². The van der Waals surface area contributed by atoms with Crippen LogP contribution in [0.5, 0.6) is 5.75 Å². The van der Waals surface area contributed by atoms with E-state index in [4.69, 9.17) is 5.11 Å². The maximum atomic E-state index is 13.6. The van der Waals surface area contributed by atoms with Crippen LogP contribution in [0.25, 0.3) is 0 Å². The lowest BCUT2D eigenvalue weighted by molar-refractivity contribution is 0.102. The number of phenolic OH excluding ortho intramolecular Hbond substituents is 1. The molecule has 0 radical (unpaired) electrons. The molecular weight excluding hydrogens is 325 g/mol. The summed E-state index contributed by atoms with van der Waals surface area (Å²) in [5.41, 5.74) is 1.41. The van der Waals surface area contributed by atoms with E-state index < -0.39 is 11.7 Å². The van der Waals surface area contributed by atoms with Crippen LogP contribution in [0.2, 0.25) is 0 Å². The first kappa shape index (κ1) is 14.5. The van der Waals surface area contributed by atoms with Crippen molar-refractivity contribution in [2.24, 2.45) is 0 Å². The van der Waals surface area contributed by atoms with Gasteiger partial charge in [0, 0.05) is 16.6 Å². The summed E-state index contributed by atoms with van der Waals surface area (Å²) in [5.74, 6) is -1.52. The second-order valence-corrected chi connectivity index (χ2v) is 5.70. The van der Waals surface area contributed by atoms with Crippen LogP contribution < -0.4 is 5.32 Å².